The Morgan fingerprint density at radius 1 is 1.33 bits per heavy atom. The summed E-state index contributed by atoms with van der Waals surface area (Å²) < 4.78 is 5.28. The molecule has 0 bridgehead atoms. The van der Waals surface area contributed by atoms with Gasteiger partial charge in [-0.1, -0.05) is 11.6 Å². The number of aromatic nitrogens is 2. The molecule has 0 aliphatic heterocycles. The first kappa shape index (κ1) is 12.1. The van der Waals surface area contributed by atoms with Crippen molar-refractivity contribution < 1.29 is 9.66 Å². The standard InChI is InChI=1S/C10H7ClN4O3/c11-6-1-3-7(4-2-6)18-9-8(15(16)17)5-13-10(12)14-9/h1-5H,(H2,12,13,14). The van der Waals surface area contributed by atoms with Crippen molar-refractivity contribution in [1.82, 2.24) is 9.97 Å². The Hall–Kier alpha value is -2.41. The van der Waals surface area contributed by atoms with Crippen LogP contribution in [0.5, 0.6) is 11.6 Å². The minimum Gasteiger partial charge on any atom is -0.434 e. The largest absolute Gasteiger partial charge is 0.434 e. The number of nitrogens with two attached hydrogens (primary N) is 1. The van der Waals surface area contributed by atoms with Gasteiger partial charge in [0.2, 0.25) is 5.95 Å². The molecule has 7 nitrogen and oxygen atoms in total. The number of anilines is 1. The summed E-state index contributed by atoms with van der Waals surface area (Å²) in [5.74, 6) is 0.0417. The van der Waals surface area contributed by atoms with E-state index in [1.807, 2.05) is 0 Å². The molecule has 0 radical (unpaired) electrons. The Labute approximate surface area is 106 Å². The van der Waals surface area contributed by atoms with Gasteiger partial charge in [-0.15, -0.1) is 0 Å². The molecule has 1 aromatic carbocycles. The van der Waals surface area contributed by atoms with Crippen molar-refractivity contribution in [2.75, 3.05) is 5.73 Å². The molecule has 2 rings (SSSR count). The minimum absolute atomic E-state index is 0.107. The van der Waals surface area contributed by atoms with E-state index in [4.69, 9.17) is 22.1 Å². The summed E-state index contributed by atoms with van der Waals surface area (Å²) in [6.07, 6.45) is 0.994. The van der Waals surface area contributed by atoms with Gasteiger partial charge in [-0.05, 0) is 24.3 Å². The number of hydrogen-bond acceptors (Lipinski definition) is 6. The highest BCUT2D eigenvalue weighted by molar-refractivity contribution is 6.30. The third-order valence-electron chi connectivity index (χ3n) is 1.98. The lowest BCUT2D eigenvalue weighted by Crippen LogP contribution is -2.01. The van der Waals surface area contributed by atoms with Crippen LogP contribution >= 0.6 is 11.6 Å². The maximum absolute atomic E-state index is 10.8. The molecule has 0 aliphatic carbocycles. The van der Waals surface area contributed by atoms with Gasteiger partial charge in [0.1, 0.15) is 11.9 Å². The fourth-order valence-electron chi connectivity index (χ4n) is 1.19. The van der Waals surface area contributed by atoms with Crippen molar-refractivity contribution in [3.63, 3.8) is 0 Å². The second kappa shape index (κ2) is 4.84. The van der Waals surface area contributed by atoms with E-state index in [1.165, 1.54) is 0 Å². The Balaban J connectivity index is 2.35. The van der Waals surface area contributed by atoms with Crippen molar-refractivity contribution in [1.29, 1.82) is 0 Å². The number of rotatable bonds is 3. The van der Waals surface area contributed by atoms with Crippen LogP contribution in [0.3, 0.4) is 0 Å². The first-order chi connectivity index (χ1) is 8.56. The Kier molecular flexibility index (Phi) is 3.24. The lowest BCUT2D eigenvalue weighted by Gasteiger charge is -2.05. The monoisotopic (exact) mass is 266 g/mol. The van der Waals surface area contributed by atoms with Crippen molar-refractivity contribution in [3.05, 3.63) is 45.6 Å². The summed E-state index contributed by atoms with van der Waals surface area (Å²) in [5, 5.41) is 11.3. The first-order valence-electron chi connectivity index (χ1n) is 4.76. The zero-order valence-corrected chi connectivity index (χ0v) is 9.66. The highest BCUT2D eigenvalue weighted by atomic mass is 35.5. The smallest absolute Gasteiger partial charge is 0.349 e. The van der Waals surface area contributed by atoms with Gasteiger partial charge >= 0.3 is 11.6 Å². The molecule has 0 amide bonds. The quantitative estimate of drug-likeness (QED) is 0.676. The summed E-state index contributed by atoms with van der Waals surface area (Å²) in [7, 11) is 0. The van der Waals surface area contributed by atoms with E-state index in [0.29, 0.717) is 10.8 Å². The summed E-state index contributed by atoms with van der Waals surface area (Å²) in [6.45, 7) is 0. The molecule has 2 N–H and O–H groups in total. The molecule has 92 valence electrons. The van der Waals surface area contributed by atoms with Gasteiger partial charge < -0.3 is 10.5 Å². The zero-order chi connectivity index (χ0) is 13.1. The summed E-state index contributed by atoms with van der Waals surface area (Å²) in [6, 6.07) is 6.30. The maximum Gasteiger partial charge on any atom is 0.349 e. The van der Waals surface area contributed by atoms with Crippen LogP contribution in [0.1, 0.15) is 0 Å². The summed E-state index contributed by atoms with van der Waals surface area (Å²) in [5.41, 5.74) is 5.00. The maximum atomic E-state index is 10.8. The van der Waals surface area contributed by atoms with E-state index < -0.39 is 4.92 Å². The molecule has 8 heteroatoms. The second-order valence-corrected chi connectivity index (χ2v) is 3.67. The molecule has 1 heterocycles. The minimum atomic E-state index is -0.648. The Morgan fingerprint density at radius 3 is 2.61 bits per heavy atom. The SMILES string of the molecule is Nc1ncc([N+](=O)[O-])c(Oc2ccc(Cl)cc2)n1. The average Bonchev–Trinajstić information content (AvgIpc) is 2.32. The van der Waals surface area contributed by atoms with Crippen molar-refractivity contribution in [2.45, 2.75) is 0 Å². The van der Waals surface area contributed by atoms with Crippen LogP contribution < -0.4 is 10.5 Å². The van der Waals surface area contributed by atoms with E-state index in [9.17, 15) is 10.1 Å². The molecule has 0 unspecified atom stereocenters. The number of nitrogen functional groups attached to an aromatic ring is 1. The van der Waals surface area contributed by atoms with Crippen LogP contribution in [0.4, 0.5) is 11.6 Å². The van der Waals surface area contributed by atoms with Crippen molar-refractivity contribution >= 4 is 23.2 Å². The van der Waals surface area contributed by atoms with Gasteiger partial charge in [-0.25, -0.2) is 4.98 Å². The average molecular weight is 267 g/mol. The number of halogens is 1. The Bertz CT molecular complexity index is 588. The molecule has 18 heavy (non-hydrogen) atoms. The lowest BCUT2D eigenvalue weighted by molar-refractivity contribution is -0.386. The van der Waals surface area contributed by atoms with Gasteiger partial charge in [0.05, 0.1) is 4.92 Å². The normalized spacial score (nSPS) is 10.1. The van der Waals surface area contributed by atoms with Crippen LogP contribution in [-0.2, 0) is 0 Å². The highest BCUT2D eigenvalue weighted by Crippen LogP contribution is 2.29. The first-order valence-corrected chi connectivity index (χ1v) is 5.14. The molecule has 0 fully saturated rings. The van der Waals surface area contributed by atoms with Gasteiger partial charge in [-0.2, -0.15) is 4.98 Å². The fraction of sp³-hybridized carbons (Fsp3) is 0. The van der Waals surface area contributed by atoms with Crippen LogP contribution in [0.2, 0.25) is 5.02 Å². The number of nitrogens with zero attached hydrogens (tertiary/aromatic N) is 3. The van der Waals surface area contributed by atoms with E-state index in [-0.39, 0.29) is 17.5 Å². The number of ether oxygens (including phenoxy) is 1. The van der Waals surface area contributed by atoms with E-state index in [0.717, 1.165) is 6.20 Å². The number of nitro groups is 1. The van der Waals surface area contributed by atoms with Gasteiger partial charge in [0.15, 0.2) is 0 Å². The molecule has 0 saturated heterocycles. The third kappa shape index (κ3) is 2.64. The van der Waals surface area contributed by atoms with E-state index in [2.05, 4.69) is 9.97 Å². The van der Waals surface area contributed by atoms with Crippen LogP contribution in [-0.4, -0.2) is 14.9 Å². The molecule has 0 saturated carbocycles. The molecule has 0 aliphatic rings. The topological polar surface area (TPSA) is 104 Å². The van der Waals surface area contributed by atoms with E-state index >= 15 is 0 Å². The predicted molar refractivity (Wildman–Crippen MR) is 64.6 cm³/mol. The molecule has 0 spiro atoms. The van der Waals surface area contributed by atoms with Gasteiger partial charge in [0.25, 0.3) is 0 Å². The Morgan fingerprint density at radius 2 is 2.00 bits per heavy atom. The predicted octanol–water partition coefficient (Wildman–Crippen LogP) is 2.41. The molecule has 2 aromatic rings. The molecule has 0 atom stereocenters. The summed E-state index contributed by atoms with van der Waals surface area (Å²) in [4.78, 5) is 17.3. The van der Waals surface area contributed by atoms with Crippen LogP contribution in [0.25, 0.3) is 0 Å². The van der Waals surface area contributed by atoms with Crippen LogP contribution in [0, 0.1) is 10.1 Å². The number of hydrogen-bond donors (Lipinski definition) is 1. The van der Waals surface area contributed by atoms with Gasteiger partial charge in [0, 0.05) is 5.02 Å². The third-order valence-corrected chi connectivity index (χ3v) is 2.23. The zero-order valence-electron chi connectivity index (χ0n) is 8.91. The fourth-order valence-corrected chi connectivity index (χ4v) is 1.31. The van der Waals surface area contributed by atoms with E-state index in [1.54, 1.807) is 24.3 Å². The van der Waals surface area contributed by atoms with Crippen LogP contribution in [0.15, 0.2) is 30.5 Å². The highest BCUT2D eigenvalue weighted by Gasteiger charge is 2.18. The molecule has 1 aromatic heterocycles. The summed E-state index contributed by atoms with van der Waals surface area (Å²) >= 11 is 5.71. The second-order valence-electron chi connectivity index (χ2n) is 3.23. The van der Waals surface area contributed by atoms with Crippen molar-refractivity contribution in [2.24, 2.45) is 0 Å². The lowest BCUT2D eigenvalue weighted by atomic mass is 10.3. The van der Waals surface area contributed by atoms with Crippen molar-refractivity contribution in [3.8, 4) is 11.6 Å². The number of benzene rings is 1. The van der Waals surface area contributed by atoms with Gasteiger partial charge in [-0.3, -0.25) is 10.1 Å². The molecular weight excluding hydrogens is 260 g/mol. The molecular formula is C10H7ClN4O3.